The Morgan fingerprint density at radius 1 is 1.31 bits per heavy atom. The molecule has 0 radical (unpaired) electrons. The molecule has 1 fully saturated rings. The van der Waals surface area contributed by atoms with E-state index in [1.165, 1.54) is 12.1 Å². The van der Waals surface area contributed by atoms with Crippen LogP contribution in [0.2, 0.25) is 0 Å². The Morgan fingerprint density at radius 3 is 2.54 bits per heavy atom. The summed E-state index contributed by atoms with van der Waals surface area (Å²) in [5.41, 5.74) is 0.245. The lowest BCUT2D eigenvalue weighted by Crippen LogP contribution is -2.56. The SMILES string of the molecule is CCC(NC(=O)NC1CC(N(CC)CC(=O)O)C1)c1ccc(F)cc1F. The maximum absolute atomic E-state index is 13.9. The first-order valence-electron chi connectivity index (χ1n) is 8.81. The summed E-state index contributed by atoms with van der Waals surface area (Å²) in [6.45, 7) is 4.33. The van der Waals surface area contributed by atoms with Gasteiger partial charge in [0.15, 0.2) is 0 Å². The van der Waals surface area contributed by atoms with Crippen LogP contribution in [0.5, 0.6) is 0 Å². The van der Waals surface area contributed by atoms with Crippen molar-refractivity contribution >= 4 is 12.0 Å². The van der Waals surface area contributed by atoms with Gasteiger partial charge >= 0.3 is 12.0 Å². The van der Waals surface area contributed by atoms with E-state index in [0.717, 1.165) is 6.07 Å². The quantitative estimate of drug-likeness (QED) is 0.658. The van der Waals surface area contributed by atoms with Crippen molar-refractivity contribution in [3.05, 3.63) is 35.4 Å². The first-order chi connectivity index (χ1) is 12.3. The Bertz CT molecular complexity index is 651. The third-order valence-corrected chi connectivity index (χ3v) is 4.76. The molecule has 1 aromatic rings. The van der Waals surface area contributed by atoms with Gasteiger partial charge in [-0.3, -0.25) is 9.69 Å². The molecule has 0 saturated heterocycles. The lowest BCUT2D eigenvalue weighted by molar-refractivity contribution is -0.139. The number of hydrogen-bond donors (Lipinski definition) is 3. The zero-order chi connectivity index (χ0) is 19.3. The van der Waals surface area contributed by atoms with Gasteiger partial charge < -0.3 is 15.7 Å². The summed E-state index contributed by atoms with van der Waals surface area (Å²) in [5, 5.41) is 14.4. The van der Waals surface area contributed by atoms with Crippen LogP contribution in [0.15, 0.2) is 18.2 Å². The largest absolute Gasteiger partial charge is 0.480 e. The van der Waals surface area contributed by atoms with Crippen LogP contribution in [-0.4, -0.2) is 47.2 Å². The molecule has 0 aliphatic heterocycles. The second kappa shape index (κ2) is 8.93. The molecular formula is C18H25F2N3O3. The summed E-state index contributed by atoms with van der Waals surface area (Å²) >= 11 is 0. The van der Waals surface area contributed by atoms with Crippen molar-refractivity contribution < 1.29 is 23.5 Å². The van der Waals surface area contributed by atoms with Gasteiger partial charge in [-0.05, 0) is 31.9 Å². The molecule has 144 valence electrons. The molecule has 0 bridgehead atoms. The van der Waals surface area contributed by atoms with Crippen molar-refractivity contribution in [3.8, 4) is 0 Å². The van der Waals surface area contributed by atoms with Crippen molar-refractivity contribution in [2.24, 2.45) is 0 Å². The Morgan fingerprint density at radius 2 is 2.00 bits per heavy atom. The van der Waals surface area contributed by atoms with Crippen LogP contribution >= 0.6 is 0 Å². The van der Waals surface area contributed by atoms with Crippen LogP contribution in [-0.2, 0) is 4.79 Å². The number of nitrogens with zero attached hydrogens (tertiary/aromatic N) is 1. The summed E-state index contributed by atoms with van der Waals surface area (Å²) in [6.07, 6.45) is 1.82. The van der Waals surface area contributed by atoms with Crippen LogP contribution in [0.1, 0.15) is 44.7 Å². The Hall–Kier alpha value is -2.22. The number of nitrogens with one attached hydrogen (secondary N) is 2. The molecule has 8 heteroatoms. The second-order valence-corrected chi connectivity index (χ2v) is 6.52. The van der Waals surface area contributed by atoms with Gasteiger partial charge in [0.05, 0.1) is 12.6 Å². The van der Waals surface area contributed by atoms with E-state index in [4.69, 9.17) is 5.11 Å². The number of carbonyl (C=O) groups is 2. The van der Waals surface area contributed by atoms with E-state index in [-0.39, 0.29) is 24.2 Å². The van der Waals surface area contributed by atoms with Gasteiger partial charge in [0, 0.05) is 23.7 Å². The van der Waals surface area contributed by atoms with Crippen molar-refractivity contribution in [1.29, 1.82) is 0 Å². The molecule has 26 heavy (non-hydrogen) atoms. The van der Waals surface area contributed by atoms with Crippen LogP contribution < -0.4 is 10.6 Å². The standard InChI is InChI=1S/C18H25F2N3O3/c1-3-16(14-6-5-11(19)7-15(14)20)22-18(26)21-12-8-13(9-12)23(4-2)10-17(24)25/h5-7,12-13,16H,3-4,8-10H2,1-2H3,(H,24,25)(H2,21,22,26). The lowest BCUT2D eigenvalue weighted by atomic mass is 9.85. The van der Waals surface area contributed by atoms with Crippen molar-refractivity contribution in [2.75, 3.05) is 13.1 Å². The molecule has 1 aliphatic rings. The summed E-state index contributed by atoms with van der Waals surface area (Å²) < 4.78 is 26.9. The number of aliphatic carboxylic acids is 1. The first kappa shape index (κ1) is 20.1. The van der Waals surface area contributed by atoms with Crippen LogP contribution in [0.25, 0.3) is 0 Å². The molecule has 0 aromatic heterocycles. The Balaban J connectivity index is 1.84. The van der Waals surface area contributed by atoms with Gasteiger partial charge in [-0.1, -0.05) is 19.9 Å². The molecule has 1 saturated carbocycles. The van der Waals surface area contributed by atoms with E-state index in [1.54, 1.807) is 6.92 Å². The number of benzene rings is 1. The number of likely N-dealkylation sites (N-methyl/N-ethyl adjacent to an activating group) is 1. The number of carboxylic acid groups (broad SMARTS) is 1. The van der Waals surface area contributed by atoms with Crippen molar-refractivity contribution in [1.82, 2.24) is 15.5 Å². The molecule has 3 N–H and O–H groups in total. The number of halogens is 2. The maximum Gasteiger partial charge on any atom is 0.317 e. The topological polar surface area (TPSA) is 81.7 Å². The van der Waals surface area contributed by atoms with Crippen LogP contribution in [0.4, 0.5) is 13.6 Å². The van der Waals surface area contributed by atoms with E-state index in [1.807, 2.05) is 11.8 Å². The molecule has 2 amide bonds. The summed E-state index contributed by atoms with van der Waals surface area (Å²) in [7, 11) is 0. The molecule has 0 heterocycles. The predicted octanol–water partition coefficient (Wildman–Crippen LogP) is 2.65. The molecule has 1 unspecified atom stereocenters. The fourth-order valence-electron chi connectivity index (χ4n) is 3.25. The smallest absolute Gasteiger partial charge is 0.317 e. The number of hydrogen-bond acceptors (Lipinski definition) is 3. The van der Waals surface area contributed by atoms with Crippen molar-refractivity contribution in [2.45, 2.75) is 51.2 Å². The average molecular weight is 369 g/mol. The summed E-state index contributed by atoms with van der Waals surface area (Å²) in [6, 6.07) is 2.44. The molecule has 6 nitrogen and oxygen atoms in total. The highest BCUT2D eigenvalue weighted by Crippen LogP contribution is 2.26. The fourth-order valence-corrected chi connectivity index (χ4v) is 3.25. The highest BCUT2D eigenvalue weighted by Gasteiger charge is 2.34. The molecular weight excluding hydrogens is 344 g/mol. The summed E-state index contributed by atoms with van der Waals surface area (Å²) in [4.78, 5) is 24.9. The number of urea groups is 1. The molecule has 1 atom stereocenters. The fraction of sp³-hybridized carbons (Fsp3) is 0.556. The minimum atomic E-state index is -0.867. The number of carbonyl (C=O) groups excluding carboxylic acids is 1. The predicted molar refractivity (Wildman–Crippen MR) is 92.8 cm³/mol. The minimum absolute atomic E-state index is 0.0121. The molecule has 1 aliphatic carbocycles. The average Bonchev–Trinajstić information content (AvgIpc) is 2.54. The monoisotopic (exact) mass is 369 g/mol. The number of carboxylic acids is 1. The molecule has 1 aromatic carbocycles. The normalized spacial score (nSPS) is 20.3. The lowest BCUT2D eigenvalue weighted by Gasteiger charge is -2.42. The van der Waals surface area contributed by atoms with E-state index in [9.17, 15) is 18.4 Å². The van der Waals surface area contributed by atoms with Gasteiger partial charge in [-0.15, -0.1) is 0 Å². The molecule has 0 spiro atoms. The zero-order valence-electron chi connectivity index (χ0n) is 15.0. The van der Waals surface area contributed by atoms with Crippen LogP contribution in [0.3, 0.4) is 0 Å². The maximum atomic E-state index is 13.9. The number of rotatable bonds is 8. The van der Waals surface area contributed by atoms with Crippen molar-refractivity contribution in [3.63, 3.8) is 0 Å². The third-order valence-electron chi connectivity index (χ3n) is 4.76. The van der Waals surface area contributed by atoms with E-state index < -0.39 is 29.7 Å². The van der Waals surface area contributed by atoms with Gasteiger partial charge in [0.25, 0.3) is 0 Å². The zero-order valence-corrected chi connectivity index (χ0v) is 15.0. The van der Waals surface area contributed by atoms with Gasteiger partial charge in [0.2, 0.25) is 0 Å². The third kappa shape index (κ3) is 5.14. The van der Waals surface area contributed by atoms with E-state index in [2.05, 4.69) is 10.6 Å². The van der Waals surface area contributed by atoms with E-state index >= 15 is 0 Å². The minimum Gasteiger partial charge on any atom is -0.480 e. The summed E-state index contributed by atoms with van der Waals surface area (Å²) in [5.74, 6) is -2.21. The second-order valence-electron chi connectivity index (χ2n) is 6.52. The van der Waals surface area contributed by atoms with Gasteiger partial charge in [-0.25, -0.2) is 13.6 Å². The highest BCUT2D eigenvalue weighted by molar-refractivity contribution is 5.75. The number of amides is 2. The van der Waals surface area contributed by atoms with Gasteiger partial charge in [0.1, 0.15) is 11.6 Å². The van der Waals surface area contributed by atoms with Crippen LogP contribution in [0, 0.1) is 11.6 Å². The molecule has 2 rings (SSSR count). The highest BCUT2D eigenvalue weighted by atomic mass is 19.1. The Labute approximate surface area is 151 Å². The van der Waals surface area contributed by atoms with Gasteiger partial charge in [-0.2, -0.15) is 0 Å². The van der Waals surface area contributed by atoms with E-state index in [0.29, 0.717) is 25.8 Å². The Kier molecular flexibility index (Phi) is 6.90. The first-order valence-corrected chi connectivity index (χ1v) is 8.81.